The van der Waals surface area contributed by atoms with Crippen LogP contribution in [-0.2, 0) is 14.3 Å². The van der Waals surface area contributed by atoms with E-state index in [0.717, 1.165) is 12.8 Å². The van der Waals surface area contributed by atoms with Crippen LogP contribution in [0.15, 0.2) is 0 Å². The van der Waals surface area contributed by atoms with E-state index in [1.807, 2.05) is 0 Å². The lowest BCUT2D eigenvalue weighted by Crippen LogP contribution is -2.53. The van der Waals surface area contributed by atoms with Crippen molar-refractivity contribution in [2.24, 2.45) is 5.92 Å². The minimum atomic E-state index is -0.860. The number of hydrogen-bond donors (Lipinski definition) is 1. The molecule has 0 aliphatic carbocycles. The van der Waals surface area contributed by atoms with Gasteiger partial charge < -0.3 is 14.6 Å². The Hall–Kier alpha value is -1.30. The smallest absolute Gasteiger partial charge is 0.410 e. The van der Waals surface area contributed by atoms with Gasteiger partial charge in [0.2, 0.25) is 0 Å². The van der Waals surface area contributed by atoms with E-state index in [-0.39, 0.29) is 6.54 Å². The Balaban J connectivity index is 2.18. The average molecular weight is 285 g/mol. The van der Waals surface area contributed by atoms with Gasteiger partial charge in [0.1, 0.15) is 5.60 Å². The second kappa shape index (κ2) is 5.24. The molecule has 2 fully saturated rings. The van der Waals surface area contributed by atoms with Gasteiger partial charge in [-0.05, 0) is 40.0 Å². The lowest BCUT2D eigenvalue weighted by molar-refractivity contribution is -0.141. The molecular formula is C14H23NO5. The molecule has 1 amide bonds. The van der Waals surface area contributed by atoms with Gasteiger partial charge in [0.15, 0.2) is 0 Å². The third kappa shape index (κ3) is 3.06. The van der Waals surface area contributed by atoms with E-state index in [9.17, 15) is 14.7 Å². The Morgan fingerprint density at radius 1 is 1.40 bits per heavy atom. The number of rotatable bonds is 1. The lowest BCUT2D eigenvalue weighted by Gasteiger charge is -2.41. The Bertz CT molecular complexity index is 395. The summed E-state index contributed by atoms with van der Waals surface area (Å²) in [5.74, 6) is -1.40. The number of ether oxygens (including phenoxy) is 2. The van der Waals surface area contributed by atoms with E-state index < -0.39 is 29.1 Å². The number of aliphatic carboxylic acids is 1. The first-order chi connectivity index (χ1) is 9.23. The van der Waals surface area contributed by atoms with Crippen molar-refractivity contribution in [2.75, 3.05) is 19.8 Å². The summed E-state index contributed by atoms with van der Waals surface area (Å²) in [6.07, 6.45) is 1.62. The molecule has 0 aromatic carbocycles. The van der Waals surface area contributed by atoms with Gasteiger partial charge in [0.25, 0.3) is 0 Å². The first-order valence-corrected chi connectivity index (χ1v) is 7.05. The van der Waals surface area contributed by atoms with Crippen molar-refractivity contribution in [3.05, 3.63) is 0 Å². The number of carboxylic acid groups (broad SMARTS) is 1. The van der Waals surface area contributed by atoms with Crippen LogP contribution in [0.1, 0.15) is 40.0 Å². The van der Waals surface area contributed by atoms with Crippen LogP contribution in [0.5, 0.6) is 0 Å². The molecule has 114 valence electrons. The van der Waals surface area contributed by atoms with Crippen LogP contribution in [0, 0.1) is 5.92 Å². The van der Waals surface area contributed by atoms with Gasteiger partial charge in [-0.1, -0.05) is 0 Å². The fourth-order valence-corrected chi connectivity index (χ4v) is 3.01. The fraction of sp³-hybridized carbons (Fsp3) is 0.857. The number of carbonyl (C=O) groups is 2. The van der Waals surface area contributed by atoms with E-state index in [2.05, 4.69) is 0 Å². The molecule has 0 radical (unpaired) electrons. The lowest BCUT2D eigenvalue weighted by atomic mass is 9.87. The van der Waals surface area contributed by atoms with E-state index in [1.54, 1.807) is 25.7 Å². The number of amides is 1. The number of hydrogen-bond acceptors (Lipinski definition) is 4. The molecule has 2 atom stereocenters. The van der Waals surface area contributed by atoms with Crippen LogP contribution in [0.4, 0.5) is 4.79 Å². The molecule has 0 aromatic rings. The molecule has 2 rings (SSSR count). The van der Waals surface area contributed by atoms with Crippen molar-refractivity contribution in [3.8, 4) is 0 Å². The van der Waals surface area contributed by atoms with E-state index in [4.69, 9.17) is 9.47 Å². The van der Waals surface area contributed by atoms with Gasteiger partial charge in [-0.15, -0.1) is 0 Å². The summed E-state index contributed by atoms with van der Waals surface area (Å²) < 4.78 is 10.9. The summed E-state index contributed by atoms with van der Waals surface area (Å²) in [7, 11) is 0. The van der Waals surface area contributed by atoms with Crippen LogP contribution in [0.3, 0.4) is 0 Å². The molecule has 2 saturated heterocycles. The Labute approximate surface area is 119 Å². The summed E-state index contributed by atoms with van der Waals surface area (Å²) in [6, 6.07) is 0. The number of likely N-dealkylation sites (tertiary alicyclic amines) is 1. The minimum absolute atomic E-state index is 0.202. The molecule has 2 unspecified atom stereocenters. The summed E-state index contributed by atoms with van der Waals surface area (Å²) >= 11 is 0. The topological polar surface area (TPSA) is 76.1 Å². The number of carbonyl (C=O) groups excluding carboxylic acids is 1. The maximum absolute atomic E-state index is 12.4. The summed E-state index contributed by atoms with van der Waals surface area (Å²) in [5, 5.41) is 9.24. The molecule has 2 heterocycles. The van der Waals surface area contributed by atoms with Crippen molar-refractivity contribution >= 4 is 12.1 Å². The second-order valence-electron chi connectivity index (χ2n) is 6.71. The largest absolute Gasteiger partial charge is 0.481 e. The third-order valence-electron chi connectivity index (χ3n) is 3.87. The Morgan fingerprint density at radius 2 is 2.10 bits per heavy atom. The van der Waals surface area contributed by atoms with E-state index >= 15 is 0 Å². The normalized spacial score (nSPS) is 30.6. The third-order valence-corrected chi connectivity index (χ3v) is 3.87. The van der Waals surface area contributed by atoms with E-state index in [1.165, 1.54) is 0 Å². The summed E-state index contributed by atoms with van der Waals surface area (Å²) in [6.45, 7) is 6.68. The molecule has 0 aromatic heterocycles. The molecule has 2 aliphatic rings. The van der Waals surface area contributed by atoms with Gasteiger partial charge in [0, 0.05) is 13.2 Å². The highest BCUT2D eigenvalue weighted by molar-refractivity contribution is 5.75. The molecule has 0 saturated carbocycles. The van der Waals surface area contributed by atoms with Gasteiger partial charge >= 0.3 is 12.1 Å². The van der Waals surface area contributed by atoms with Gasteiger partial charge in [-0.25, -0.2) is 4.79 Å². The zero-order valence-corrected chi connectivity index (χ0v) is 12.3. The molecule has 20 heavy (non-hydrogen) atoms. The summed E-state index contributed by atoms with van der Waals surface area (Å²) in [5.41, 5.74) is -1.10. The highest BCUT2D eigenvalue weighted by Gasteiger charge is 2.52. The average Bonchev–Trinajstić information content (AvgIpc) is 2.67. The maximum Gasteiger partial charge on any atom is 0.410 e. The molecule has 1 spiro atoms. The maximum atomic E-state index is 12.4. The van der Waals surface area contributed by atoms with Crippen LogP contribution in [0.25, 0.3) is 0 Å². The molecular weight excluding hydrogens is 262 g/mol. The van der Waals surface area contributed by atoms with Gasteiger partial charge in [-0.3, -0.25) is 9.69 Å². The SMILES string of the molecule is CC(C)(C)OC(=O)N1CC(C(=O)O)CC12CCCOC2. The van der Waals surface area contributed by atoms with Crippen LogP contribution in [-0.4, -0.2) is 53.0 Å². The Kier molecular flexibility index (Phi) is 3.95. The first kappa shape index (κ1) is 15.1. The fourth-order valence-electron chi connectivity index (χ4n) is 3.01. The van der Waals surface area contributed by atoms with Crippen molar-refractivity contribution < 1.29 is 24.2 Å². The van der Waals surface area contributed by atoms with Crippen LogP contribution in [0.2, 0.25) is 0 Å². The zero-order chi connectivity index (χ0) is 15.0. The monoisotopic (exact) mass is 285 g/mol. The summed E-state index contributed by atoms with van der Waals surface area (Å²) in [4.78, 5) is 25.2. The van der Waals surface area contributed by atoms with Crippen molar-refractivity contribution in [1.29, 1.82) is 0 Å². The van der Waals surface area contributed by atoms with E-state index in [0.29, 0.717) is 19.6 Å². The molecule has 0 bridgehead atoms. The highest BCUT2D eigenvalue weighted by Crippen LogP contribution is 2.40. The van der Waals surface area contributed by atoms with Crippen LogP contribution < -0.4 is 0 Å². The van der Waals surface area contributed by atoms with Gasteiger partial charge in [0.05, 0.1) is 18.1 Å². The molecule has 1 N–H and O–H groups in total. The zero-order valence-electron chi connectivity index (χ0n) is 12.3. The first-order valence-electron chi connectivity index (χ1n) is 7.05. The van der Waals surface area contributed by atoms with Crippen molar-refractivity contribution in [3.63, 3.8) is 0 Å². The van der Waals surface area contributed by atoms with Crippen LogP contribution >= 0.6 is 0 Å². The Morgan fingerprint density at radius 3 is 2.60 bits per heavy atom. The molecule has 6 nitrogen and oxygen atoms in total. The molecule has 6 heteroatoms. The standard InChI is InChI=1S/C14H23NO5/c1-13(2,3)20-12(18)15-8-10(11(16)17)7-14(15)5-4-6-19-9-14/h10H,4-9H2,1-3H3,(H,16,17). The highest BCUT2D eigenvalue weighted by atomic mass is 16.6. The number of nitrogens with zero attached hydrogens (tertiary/aromatic N) is 1. The minimum Gasteiger partial charge on any atom is -0.481 e. The number of carboxylic acids is 1. The predicted octanol–water partition coefficient (Wildman–Crippen LogP) is 1.88. The van der Waals surface area contributed by atoms with Crippen molar-refractivity contribution in [2.45, 2.75) is 51.2 Å². The quantitative estimate of drug-likeness (QED) is 0.796. The molecule has 2 aliphatic heterocycles. The van der Waals surface area contributed by atoms with Crippen molar-refractivity contribution in [1.82, 2.24) is 4.90 Å². The predicted molar refractivity (Wildman–Crippen MR) is 71.5 cm³/mol. The van der Waals surface area contributed by atoms with Gasteiger partial charge in [-0.2, -0.15) is 0 Å². The second-order valence-corrected chi connectivity index (χ2v) is 6.71.